The Morgan fingerprint density at radius 1 is 1.15 bits per heavy atom. The third kappa shape index (κ3) is 3.09. The first-order chi connectivity index (χ1) is 12.7. The van der Waals surface area contributed by atoms with Crippen LogP contribution >= 0.6 is 11.8 Å². The summed E-state index contributed by atoms with van der Waals surface area (Å²) in [6.07, 6.45) is 0.935. The highest BCUT2D eigenvalue weighted by Crippen LogP contribution is 2.42. The molecule has 0 bridgehead atoms. The minimum Gasteiger partial charge on any atom is -0.493 e. The molecule has 1 saturated heterocycles. The number of hydrogen-bond donors (Lipinski definition) is 0. The highest BCUT2D eigenvalue weighted by Gasteiger charge is 2.33. The predicted molar refractivity (Wildman–Crippen MR) is 101 cm³/mol. The summed E-state index contributed by atoms with van der Waals surface area (Å²) in [7, 11) is 3.24. The van der Waals surface area contributed by atoms with Crippen LogP contribution in [-0.4, -0.2) is 37.4 Å². The largest absolute Gasteiger partial charge is 0.493 e. The molecule has 5 nitrogen and oxygen atoms in total. The molecule has 6 heteroatoms. The number of thioether (sulfide) groups is 1. The molecule has 0 saturated carbocycles. The van der Waals surface area contributed by atoms with Crippen LogP contribution in [0, 0.1) is 0 Å². The summed E-state index contributed by atoms with van der Waals surface area (Å²) in [4.78, 5) is 14.4. The number of carbonyl (C=O) groups excluding carboxylic acids is 1. The van der Waals surface area contributed by atoms with Crippen LogP contribution in [0.4, 0.5) is 0 Å². The fraction of sp³-hybridized carbons (Fsp3) is 0.350. The lowest BCUT2D eigenvalue weighted by atomic mass is 10.1. The van der Waals surface area contributed by atoms with Gasteiger partial charge in [-0.3, -0.25) is 4.79 Å². The molecule has 2 aliphatic heterocycles. The average molecular weight is 371 g/mol. The minimum atomic E-state index is 0.0292. The molecule has 1 amide bonds. The predicted octanol–water partition coefficient (Wildman–Crippen LogP) is 3.41. The van der Waals surface area contributed by atoms with Crippen molar-refractivity contribution in [2.24, 2.45) is 0 Å². The smallest absolute Gasteiger partial charge is 0.234 e. The van der Waals surface area contributed by atoms with Crippen molar-refractivity contribution in [3.63, 3.8) is 0 Å². The van der Waals surface area contributed by atoms with Crippen LogP contribution in [0.3, 0.4) is 0 Å². The molecule has 0 spiro atoms. The van der Waals surface area contributed by atoms with E-state index in [4.69, 9.17) is 14.2 Å². The molecule has 4 rings (SSSR count). The van der Waals surface area contributed by atoms with Gasteiger partial charge in [0.25, 0.3) is 0 Å². The molecule has 0 N–H and O–H groups in total. The molecule has 2 heterocycles. The number of nitrogens with zero attached hydrogens (tertiary/aromatic N) is 1. The number of ether oxygens (including phenoxy) is 3. The molecule has 2 aromatic carbocycles. The number of carbonyl (C=O) groups is 1. The lowest BCUT2D eigenvalue weighted by Gasteiger charge is -2.25. The van der Waals surface area contributed by atoms with E-state index in [1.54, 1.807) is 26.0 Å². The fourth-order valence-corrected chi connectivity index (χ4v) is 4.61. The molecular weight excluding hydrogens is 350 g/mol. The molecule has 136 valence electrons. The van der Waals surface area contributed by atoms with Gasteiger partial charge in [0, 0.05) is 13.0 Å². The summed E-state index contributed by atoms with van der Waals surface area (Å²) in [5.74, 6) is 3.00. The molecule has 26 heavy (non-hydrogen) atoms. The highest BCUT2D eigenvalue weighted by molar-refractivity contribution is 8.00. The number of benzene rings is 2. The van der Waals surface area contributed by atoms with E-state index in [-0.39, 0.29) is 11.3 Å². The van der Waals surface area contributed by atoms with Gasteiger partial charge in [0.15, 0.2) is 11.5 Å². The summed E-state index contributed by atoms with van der Waals surface area (Å²) < 4.78 is 16.3. The topological polar surface area (TPSA) is 48.0 Å². The van der Waals surface area contributed by atoms with E-state index in [1.807, 2.05) is 29.2 Å². The van der Waals surface area contributed by atoms with E-state index in [1.165, 1.54) is 5.56 Å². The van der Waals surface area contributed by atoms with Crippen molar-refractivity contribution < 1.29 is 19.0 Å². The zero-order valence-electron chi connectivity index (χ0n) is 14.9. The first-order valence-electron chi connectivity index (χ1n) is 8.57. The third-order valence-electron chi connectivity index (χ3n) is 4.77. The van der Waals surface area contributed by atoms with Gasteiger partial charge in [-0.05, 0) is 41.0 Å². The zero-order chi connectivity index (χ0) is 18.1. The minimum absolute atomic E-state index is 0.0292. The van der Waals surface area contributed by atoms with Crippen LogP contribution in [0.15, 0.2) is 36.4 Å². The van der Waals surface area contributed by atoms with E-state index < -0.39 is 0 Å². The van der Waals surface area contributed by atoms with E-state index in [0.717, 1.165) is 29.9 Å². The summed E-state index contributed by atoms with van der Waals surface area (Å²) >= 11 is 1.67. The number of methoxy groups -OCH3 is 2. The standard InChI is InChI=1S/C20H21NO4S/c1-23-17-5-3-13(9-18(17)24-2)11-21-19(22)12-26-20(21)15-4-6-16-14(10-15)7-8-25-16/h3-6,9-10,20H,7-8,11-12H2,1-2H3. The van der Waals surface area contributed by atoms with E-state index in [9.17, 15) is 4.79 Å². The first-order valence-corrected chi connectivity index (χ1v) is 9.62. The maximum absolute atomic E-state index is 12.5. The van der Waals surface area contributed by atoms with Gasteiger partial charge >= 0.3 is 0 Å². The Morgan fingerprint density at radius 2 is 2.00 bits per heavy atom. The number of fused-ring (bicyclic) bond motifs is 1. The maximum atomic E-state index is 12.5. The van der Waals surface area contributed by atoms with Gasteiger partial charge in [-0.1, -0.05) is 12.1 Å². The molecule has 2 aliphatic rings. The third-order valence-corrected chi connectivity index (χ3v) is 6.02. The van der Waals surface area contributed by atoms with Gasteiger partial charge in [-0.2, -0.15) is 0 Å². The number of hydrogen-bond acceptors (Lipinski definition) is 5. The van der Waals surface area contributed by atoms with Gasteiger partial charge < -0.3 is 19.1 Å². The quantitative estimate of drug-likeness (QED) is 0.806. The van der Waals surface area contributed by atoms with Crippen LogP contribution in [0.5, 0.6) is 17.2 Å². The van der Waals surface area contributed by atoms with Crippen molar-refractivity contribution in [3.8, 4) is 17.2 Å². The van der Waals surface area contributed by atoms with Crippen LogP contribution in [-0.2, 0) is 17.8 Å². The molecule has 0 aliphatic carbocycles. The van der Waals surface area contributed by atoms with Crippen molar-refractivity contribution in [1.29, 1.82) is 0 Å². The van der Waals surface area contributed by atoms with Crippen LogP contribution in [0.1, 0.15) is 22.1 Å². The Balaban J connectivity index is 1.59. The SMILES string of the molecule is COc1ccc(CN2C(=O)CSC2c2ccc3c(c2)CCO3)cc1OC. The monoisotopic (exact) mass is 371 g/mol. The number of amides is 1. The van der Waals surface area contributed by atoms with Crippen LogP contribution in [0.2, 0.25) is 0 Å². The van der Waals surface area contributed by atoms with E-state index in [0.29, 0.717) is 23.8 Å². The second-order valence-electron chi connectivity index (χ2n) is 6.34. The number of rotatable bonds is 5. The Hall–Kier alpha value is -2.34. The molecule has 1 unspecified atom stereocenters. The molecule has 0 aromatic heterocycles. The van der Waals surface area contributed by atoms with E-state index >= 15 is 0 Å². The molecule has 1 fully saturated rings. The molecule has 0 radical (unpaired) electrons. The molecule has 2 aromatic rings. The second-order valence-corrected chi connectivity index (χ2v) is 7.41. The van der Waals surface area contributed by atoms with Gasteiger partial charge in [0.2, 0.25) is 5.91 Å². The van der Waals surface area contributed by atoms with Gasteiger partial charge in [0.1, 0.15) is 11.1 Å². The van der Waals surface area contributed by atoms with Gasteiger partial charge in [-0.15, -0.1) is 11.8 Å². The van der Waals surface area contributed by atoms with Crippen molar-refractivity contribution in [3.05, 3.63) is 53.1 Å². The first kappa shape index (κ1) is 17.1. The van der Waals surface area contributed by atoms with Crippen molar-refractivity contribution in [1.82, 2.24) is 4.90 Å². The van der Waals surface area contributed by atoms with Gasteiger partial charge in [0.05, 0.1) is 26.6 Å². The Labute approximate surface area is 157 Å². The molecule has 1 atom stereocenters. The molecular formula is C20H21NO4S. The Bertz CT molecular complexity index is 839. The summed E-state index contributed by atoms with van der Waals surface area (Å²) in [6.45, 7) is 1.29. The second kappa shape index (κ2) is 7.11. The van der Waals surface area contributed by atoms with E-state index in [2.05, 4.69) is 12.1 Å². The Morgan fingerprint density at radius 3 is 2.81 bits per heavy atom. The summed E-state index contributed by atoms with van der Waals surface area (Å²) in [6, 6.07) is 12.1. The average Bonchev–Trinajstić information content (AvgIpc) is 3.28. The summed E-state index contributed by atoms with van der Waals surface area (Å²) in [5, 5.41) is 0.0292. The Kier molecular flexibility index (Phi) is 4.68. The fourth-order valence-electron chi connectivity index (χ4n) is 3.44. The highest BCUT2D eigenvalue weighted by atomic mass is 32.2. The maximum Gasteiger partial charge on any atom is 0.234 e. The lowest BCUT2D eigenvalue weighted by Crippen LogP contribution is -2.27. The zero-order valence-corrected chi connectivity index (χ0v) is 15.7. The van der Waals surface area contributed by atoms with Crippen LogP contribution < -0.4 is 14.2 Å². The normalized spacial score (nSPS) is 18.6. The summed E-state index contributed by atoms with van der Waals surface area (Å²) in [5.41, 5.74) is 3.41. The lowest BCUT2D eigenvalue weighted by molar-refractivity contribution is -0.128. The van der Waals surface area contributed by atoms with Crippen LogP contribution in [0.25, 0.3) is 0 Å². The van der Waals surface area contributed by atoms with Crippen molar-refractivity contribution in [2.75, 3.05) is 26.6 Å². The van der Waals surface area contributed by atoms with Gasteiger partial charge in [-0.25, -0.2) is 0 Å². The van der Waals surface area contributed by atoms with Crippen molar-refractivity contribution >= 4 is 17.7 Å². The van der Waals surface area contributed by atoms with Crippen molar-refractivity contribution in [2.45, 2.75) is 18.3 Å².